The molecule has 0 fully saturated rings. The highest BCUT2D eigenvalue weighted by molar-refractivity contribution is 7.92. The van der Waals surface area contributed by atoms with Gasteiger partial charge in [-0.05, 0) is 24.6 Å². The van der Waals surface area contributed by atoms with Crippen LogP contribution < -0.4 is 9.03 Å². The minimum Gasteiger partial charge on any atom is -0.269 e. The standard InChI is InChI=1S/C12H18Cl2N2O4S2/c1-3-6-22(19,20)15-4-5-16(21(2,17)18)12-8-10(13)7-11(14)9-12/h7-9,15H,3-6H2,1-2H3. The number of hydrogen-bond acceptors (Lipinski definition) is 4. The third kappa shape index (κ3) is 6.29. The van der Waals surface area contributed by atoms with E-state index in [2.05, 4.69) is 4.72 Å². The predicted molar refractivity (Wildman–Crippen MR) is 90.7 cm³/mol. The van der Waals surface area contributed by atoms with Crippen molar-refractivity contribution in [2.45, 2.75) is 13.3 Å². The summed E-state index contributed by atoms with van der Waals surface area (Å²) in [5.41, 5.74) is 0.287. The summed E-state index contributed by atoms with van der Waals surface area (Å²) in [6.07, 6.45) is 1.51. The Morgan fingerprint density at radius 1 is 1.09 bits per heavy atom. The lowest BCUT2D eigenvalue weighted by Gasteiger charge is -2.23. The molecule has 0 aromatic heterocycles. The Labute approximate surface area is 141 Å². The quantitative estimate of drug-likeness (QED) is 0.738. The van der Waals surface area contributed by atoms with Crippen molar-refractivity contribution in [1.29, 1.82) is 0 Å². The maximum Gasteiger partial charge on any atom is 0.232 e. The zero-order valence-corrected chi connectivity index (χ0v) is 15.4. The van der Waals surface area contributed by atoms with Crippen molar-refractivity contribution in [1.82, 2.24) is 4.72 Å². The first-order valence-corrected chi connectivity index (χ1v) is 10.7. The van der Waals surface area contributed by atoms with Gasteiger partial charge in [-0.1, -0.05) is 30.1 Å². The van der Waals surface area contributed by atoms with Crippen LogP contribution >= 0.6 is 23.2 Å². The highest BCUT2D eigenvalue weighted by Gasteiger charge is 2.19. The van der Waals surface area contributed by atoms with Gasteiger partial charge in [0.25, 0.3) is 0 Å². The highest BCUT2D eigenvalue weighted by Crippen LogP contribution is 2.26. The van der Waals surface area contributed by atoms with Gasteiger partial charge in [0.05, 0.1) is 17.7 Å². The van der Waals surface area contributed by atoms with Gasteiger partial charge in [0, 0.05) is 23.1 Å². The third-order valence-corrected chi connectivity index (χ3v) is 5.87. The summed E-state index contributed by atoms with van der Waals surface area (Å²) in [7, 11) is -7.00. The van der Waals surface area contributed by atoms with E-state index in [-0.39, 0.29) is 24.5 Å². The minimum atomic E-state index is -3.60. The number of nitrogens with one attached hydrogen (secondary N) is 1. The van der Waals surface area contributed by atoms with Crippen LogP contribution in [0.5, 0.6) is 0 Å². The van der Waals surface area contributed by atoms with Crippen molar-refractivity contribution in [3.63, 3.8) is 0 Å². The van der Waals surface area contributed by atoms with E-state index in [1.54, 1.807) is 6.92 Å². The summed E-state index contributed by atoms with van der Waals surface area (Å²) < 4.78 is 50.4. The van der Waals surface area contributed by atoms with Crippen molar-refractivity contribution in [3.05, 3.63) is 28.2 Å². The Morgan fingerprint density at radius 2 is 1.64 bits per heavy atom. The molecule has 1 N–H and O–H groups in total. The number of anilines is 1. The lowest BCUT2D eigenvalue weighted by Crippen LogP contribution is -2.38. The van der Waals surface area contributed by atoms with Crippen molar-refractivity contribution in [2.24, 2.45) is 0 Å². The van der Waals surface area contributed by atoms with Crippen LogP contribution in [0.4, 0.5) is 5.69 Å². The molecule has 0 aliphatic rings. The molecule has 0 unspecified atom stereocenters. The van der Waals surface area contributed by atoms with Gasteiger partial charge in [-0.3, -0.25) is 4.31 Å². The second kappa shape index (κ2) is 7.83. The van der Waals surface area contributed by atoms with Gasteiger partial charge in [0.2, 0.25) is 20.0 Å². The summed E-state index contributed by atoms with van der Waals surface area (Å²) in [6, 6.07) is 4.39. The fourth-order valence-electron chi connectivity index (χ4n) is 1.81. The van der Waals surface area contributed by atoms with Gasteiger partial charge >= 0.3 is 0 Å². The van der Waals surface area contributed by atoms with Gasteiger partial charge < -0.3 is 0 Å². The highest BCUT2D eigenvalue weighted by atomic mass is 35.5. The molecule has 0 aliphatic carbocycles. The Kier molecular flexibility index (Phi) is 6.94. The molecule has 1 rings (SSSR count). The van der Waals surface area contributed by atoms with Gasteiger partial charge in [0.1, 0.15) is 0 Å². The zero-order valence-electron chi connectivity index (χ0n) is 12.2. The Hall–Kier alpha value is -0.540. The molecule has 22 heavy (non-hydrogen) atoms. The first-order valence-electron chi connectivity index (χ1n) is 6.46. The molecule has 0 amide bonds. The minimum absolute atomic E-state index is 0.00509. The number of benzene rings is 1. The number of hydrogen-bond donors (Lipinski definition) is 1. The summed E-state index contributed by atoms with van der Waals surface area (Å²) in [4.78, 5) is 0. The van der Waals surface area contributed by atoms with E-state index in [1.165, 1.54) is 18.2 Å². The van der Waals surface area contributed by atoms with Crippen molar-refractivity contribution >= 4 is 48.9 Å². The lowest BCUT2D eigenvalue weighted by molar-refractivity contribution is 0.577. The number of sulfonamides is 2. The van der Waals surface area contributed by atoms with Crippen LogP contribution in [0.3, 0.4) is 0 Å². The monoisotopic (exact) mass is 388 g/mol. The molecule has 10 heteroatoms. The van der Waals surface area contributed by atoms with E-state index >= 15 is 0 Å². The number of rotatable bonds is 8. The molecule has 1 aromatic rings. The molecule has 0 radical (unpaired) electrons. The number of nitrogens with zero attached hydrogens (tertiary/aromatic N) is 1. The molecule has 0 spiro atoms. The van der Waals surface area contributed by atoms with Gasteiger partial charge in [0.15, 0.2) is 0 Å². The molecule has 0 saturated heterocycles. The summed E-state index contributed by atoms with van der Waals surface area (Å²) in [6.45, 7) is 1.65. The van der Waals surface area contributed by atoms with Crippen LogP contribution in [0.15, 0.2) is 18.2 Å². The van der Waals surface area contributed by atoms with Crippen LogP contribution in [0.2, 0.25) is 10.0 Å². The largest absolute Gasteiger partial charge is 0.269 e. The average Bonchev–Trinajstić information content (AvgIpc) is 2.31. The summed E-state index contributed by atoms with van der Waals surface area (Å²) >= 11 is 11.7. The van der Waals surface area contributed by atoms with E-state index in [0.29, 0.717) is 16.5 Å². The third-order valence-electron chi connectivity index (χ3n) is 2.65. The number of halogens is 2. The van der Waals surface area contributed by atoms with E-state index < -0.39 is 20.0 Å². The fourth-order valence-corrected chi connectivity index (χ4v) is 4.32. The van der Waals surface area contributed by atoms with Crippen molar-refractivity contribution in [3.8, 4) is 0 Å². The second-order valence-electron chi connectivity index (χ2n) is 4.68. The molecule has 0 atom stereocenters. The average molecular weight is 389 g/mol. The van der Waals surface area contributed by atoms with Crippen LogP contribution in [-0.2, 0) is 20.0 Å². The van der Waals surface area contributed by atoms with E-state index in [1.807, 2.05) is 0 Å². The summed E-state index contributed by atoms with van der Waals surface area (Å²) in [5, 5.41) is 0.588. The molecule has 0 heterocycles. The van der Waals surface area contributed by atoms with Gasteiger partial charge in [-0.15, -0.1) is 0 Å². The molecule has 0 aliphatic heterocycles. The normalized spacial score (nSPS) is 12.4. The Balaban J connectivity index is 2.92. The van der Waals surface area contributed by atoms with Crippen LogP contribution in [0.25, 0.3) is 0 Å². The van der Waals surface area contributed by atoms with Crippen LogP contribution in [0.1, 0.15) is 13.3 Å². The van der Waals surface area contributed by atoms with Gasteiger partial charge in [-0.2, -0.15) is 0 Å². The summed E-state index contributed by atoms with van der Waals surface area (Å²) in [5.74, 6) is -0.00509. The van der Waals surface area contributed by atoms with Crippen LogP contribution in [-0.4, -0.2) is 41.9 Å². The van der Waals surface area contributed by atoms with E-state index in [4.69, 9.17) is 23.2 Å². The first kappa shape index (κ1) is 19.5. The molecule has 126 valence electrons. The topological polar surface area (TPSA) is 83.6 Å². The van der Waals surface area contributed by atoms with Gasteiger partial charge in [-0.25, -0.2) is 21.6 Å². The smallest absolute Gasteiger partial charge is 0.232 e. The maximum atomic E-state index is 11.9. The Bertz CT molecular complexity index is 700. The second-order valence-corrected chi connectivity index (χ2v) is 9.38. The molecule has 0 bridgehead atoms. The predicted octanol–water partition coefficient (Wildman–Crippen LogP) is 2.09. The lowest BCUT2D eigenvalue weighted by atomic mass is 10.3. The fraction of sp³-hybridized carbons (Fsp3) is 0.500. The Morgan fingerprint density at radius 3 is 2.09 bits per heavy atom. The molecular weight excluding hydrogens is 371 g/mol. The van der Waals surface area contributed by atoms with E-state index in [9.17, 15) is 16.8 Å². The molecular formula is C12H18Cl2N2O4S2. The van der Waals surface area contributed by atoms with Crippen molar-refractivity contribution in [2.75, 3.05) is 29.4 Å². The van der Waals surface area contributed by atoms with E-state index in [0.717, 1.165) is 10.6 Å². The zero-order chi connectivity index (χ0) is 17.0. The van der Waals surface area contributed by atoms with Crippen LogP contribution in [0, 0.1) is 0 Å². The first-order chi connectivity index (χ1) is 10.0. The molecule has 1 aromatic carbocycles. The SMILES string of the molecule is CCCS(=O)(=O)NCCN(c1cc(Cl)cc(Cl)c1)S(C)(=O)=O. The maximum absolute atomic E-state index is 11.9. The molecule has 0 saturated carbocycles. The molecule has 6 nitrogen and oxygen atoms in total. The van der Waals surface area contributed by atoms with Crippen molar-refractivity contribution < 1.29 is 16.8 Å².